The highest BCUT2D eigenvalue weighted by Gasteiger charge is 2.49. The van der Waals surface area contributed by atoms with Crippen LogP contribution in [0.4, 0.5) is 0 Å². The maximum absolute atomic E-state index is 7.71. The molecule has 0 bridgehead atoms. The van der Waals surface area contributed by atoms with Gasteiger partial charge < -0.3 is 4.12 Å². The molecule has 0 spiro atoms. The van der Waals surface area contributed by atoms with Crippen LogP contribution < -0.4 is 10.4 Å². The second-order valence-corrected chi connectivity index (χ2v) is 24.7. The van der Waals surface area contributed by atoms with Gasteiger partial charge in [-0.3, -0.25) is 0 Å². The lowest BCUT2D eigenvalue weighted by atomic mass is 9.68. The summed E-state index contributed by atoms with van der Waals surface area (Å²) in [6.07, 6.45) is 0. The van der Waals surface area contributed by atoms with Crippen LogP contribution in [-0.2, 0) is 14.9 Å². The molecule has 8 aromatic rings. The Morgan fingerprint density at radius 3 is 0.912 bits per heavy atom. The predicted molar refractivity (Wildman–Crippen MR) is 243 cm³/mol. The normalized spacial score (nSPS) is 14.7. The van der Waals surface area contributed by atoms with Gasteiger partial charge in [0.05, 0.1) is 10.8 Å². The minimum atomic E-state index is -2.50. The molecule has 8 aromatic carbocycles. The van der Waals surface area contributed by atoms with Crippen LogP contribution in [0.3, 0.4) is 0 Å². The Bertz CT molecular complexity index is 2480. The van der Waals surface area contributed by atoms with Crippen molar-refractivity contribution in [2.45, 2.75) is 37.0 Å². The summed E-state index contributed by atoms with van der Waals surface area (Å²) in [6.45, 7) is 9.61. The molecule has 10 rings (SSSR count). The van der Waals surface area contributed by atoms with Gasteiger partial charge >= 0.3 is 0 Å². The summed E-state index contributed by atoms with van der Waals surface area (Å²) in [5, 5.41) is 2.64. The van der Waals surface area contributed by atoms with Crippen LogP contribution in [0.1, 0.15) is 44.5 Å². The zero-order valence-corrected chi connectivity index (χ0v) is 35.0. The Morgan fingerprint density at radius 1 is 0.298 bits per heavy atom. The van der Waals surface area contributed by atoms with Gasteiger partial charge in [0.15, 0.2) is 0 Å². The van der Waals surface area contributed by atoms with Crippen molar-refractivity contribution in [2.24, 2.45) is 0 Å². The molecule has 2 aliphatic carbocycles. The second kappa shape index (κ2) is 13.4. The predicted octanol–water partition coefficient (Wildman–Crippen LogP) is 12.0. The summed E-state index contributed by atoms with van der Waals surface area (Å²) in [4.78, 5) is 0. The molecule has 0 heterocycles. The SMILES string of the molecule is C[Si](C)(O[Si](C)(C)c1ccc2c(c1)C(c1ccccc1)(c1ccccc1)c1ccccc1-2)c1ccc2c(c1)C(c1ccccc1)(c1ccccc1)c1ccccc1-2. The van der Waals surface area contributed by atoms with E-state index in [1.54, 1.807) is 0 Å². The van der Waals surface area contributed by atoms with E-state index in [4.69, 9.17) is 4.12 Å². The molecule has 0 amide bonds. The van der Waals surface area contributed by atoms with Crippen molar-refractivity contribution in [3.05, 3.63) is 251 Å². The van der Waals surface area contributed by atoms with E-state index >= 15 is 0 Å². The molecule has 0 fully saturated rings. The van der Waals surface area contributed by atoms with Gasteiger partial charge in [-0.1, -0.05) is 206 Å². The zero-order valence-electron chi connectivity index (χ0n) is 33.0. The van der Waals surface area contributed by atoms with Crippen molar-refractivity contribution in [3.8, 4) is 22.3 Å². The van der Waals surface area contributed by atoms with Crippen molar-refractivity contribution in [2.75, 3.05) is 0 Å². The highest BCUT2D eigenvalue weighted by atomic mass is 28.4. The fourth-order valence-electron chi connectivity index (χ4n) is 10.4. The van der Waals surface area contributed by atoms with Crippen LogP contribution in [0.5, 0.6) is 0 Å². The molecular weight excluding hydrogens is 721 g/mol. The standard InChI is InChI=1S/C54H46OSi2/c1-56(2,43-33-35-47-45-29-17-19-31-49(45)53(51(47)37-43,39-21-9-5-10-22-39)40-23-11-6-12-24-40)55-57(3,4)44-34-36-48-46-30-18-20-32-50(46)54(52(48)38-44,41-25-13-7-14-26-41)42-27-15-8-16-28-42/h5-38H,1-4H3. The average molecular weight is 767 g/mol. The summed E-state index contributed by atoms with van der Waals surface area (Å²) in [5.74, 6) is 0. The molecule has 0 aromatic heterocycles. The maximum atomic E-state index is 7.71. The van der Waals surface area contributed by atoms with Crippen LogP contribution in [0.2, 0.25) is 26.2 Å². The largest absolute Gasteiger partial charge is 0.449 e. The molecule has 1 nitrogen and oxygen atoms in total. The number of benzene rings is 8. The van der Waals surface area contributed by atoms with Crippen LogP contribution in [0.25, 0.3) is 22.3 Å². The van der Waals surface area contributed by atoms with Gasteiger partial charge in [-0.15, -0.1) is 0 Å². The third-order valence-corrected chi connectivity index (χ3v) is 20.3. The quantitative estimate of drug-likeness (QED) is 0.140. The average Bonchev–Trinajstić information content (AvgIpc) is 3.73. The summed E-state index contributed by atoms with van der Waals surface area (Å²) < 4.78 is 7.71. The topological polar surface area (TPSA) is 9.23 Å². The summed E-state index contributed by atoms with van der Waals surface area (Å²) in [5.41, 5.74) is 14.9. The van der Waals surface area contributed by atoms with Gasteiger partial charge in [-0.25, -0.2) is 0 Å². The Kier molecular flexibility index (Phi) is 8.35. The molecule has 0 aliphatic heterocycles. The van der Waals surface area contributed by atoms with E-state index in [0.717, 1.165) is 0 Å². The molecule has 0 N–H and O–H groups in total. The number of hydrogen-bond donors (Lipinski definition) is 0. The molecule has 3 heteroatoms. The first-order valence-corrected chi connectivity index (χ1v) is 26.0. The fraction of sp³-hybridized carbons (Fsp3) is 0.111. The fourth-order valence-corrected chi connectivity index (χ4v) is 18.4. The number of hydrogen-bond acceptors (Lipinski definition) is 1. The summed E-state index contributed by atoms with van der Waals surface area (Å²) >= 11 is 0. The van der Waals surface area contributed by atoms with Crippen molar-refractivity contribution in [1.29, 1.82) is 0 Å². The van der Waals surface area contributed by atoms with Crippen molar-refractivity contribution < 1.29 is 4.12 Å². The van der Waals surface area contributed by atoms with Crippen molar-refractivity contribution in [1.82, 2.24) is 0 Å². The van der Waals surface area contributed by atoms with Crippen LogP contribution >= 0.6 is 0 Å². The van der Waals surface area contributed by atoms with E-state index in [1.807, 2.05) is 0 Å². The maximum Gasteiger partial charge on any atom is 0.206 e. The smallest absolute Gasteiger partial charge is 0.206 e. The lowest BCUT2D eigenvalue weighted by Crippen LogP contribution is -2.58. The molecular formula is C54H46OSi2. The van der Waals surface area contributed by atoms with E-state index in [0.29, 0.717) is 0 Å². The second-order valence-electron chi connectivity index (χ2n) is 16.7. The third-order valence-electron chi connectivity index (χ3n) is 12.8. The molecule has 0 saturated carbocycles. The minimum Gasteiger partial charge on any atom is -0.449 e. The van der Waals surface area contributed by atoms with E-state index in [1.165, 1.54) is 77.1 Å². The first kappa shape index (κ1) is 35.6. The van der Waals surface area contributed by atoms with E-state index in [9.17, 15) is 0 Å². The Labute approximate surface area is 339 Å². The highest BCUT2D eigenvalue weighted by Crippen LogP contribution is 2.57. The van der Waals surface area contributed by atoms with Crippen molar-refractivity contribution in [3.63, 3.8) is 0 Å². The Hall–Kier alpha value is -5.85. The molecule has 0 saturated heterocycles. The van der Waals surface area contributed by atoms with Crippen LogP contribution in [-0.4, -0.2) is 16.6 Å². The third kappa shape index (κ3) is 5.30. The summed E-state index contributed by atoms with van der Waals surface area (Å²) in [6, 6.07) is 76.9. The van der Waals surface area contributed by atoms with Gasteiger partial charge in [0.25, 0.3) is 0 Å². The molecule has 276 valence electrons. The van der Waals surface area contributed by atoms with Gasteiger partial charge in [-0.05, 0) is 103 Å². The van der Waals surface area contributed by atoms with Crippen LogP contribution in [0.15, 0.2) is 206 Å². The highest BCUT2D eigenvalue weighted by molar-refractivity contribution is 6.96. The van der Waals surface area contributed by atoms with E-state index in [2.05, 4.69) is 232 Å². The number of fused-ring (bicyclic) bond motifs is 6. The Balaban J connectivity index is 1.10. The summed E-state index contributed by atoms with van der Waals surface area (Å²) in [7, 11) is -5.00. The van der Waals surface area contributed by atoms with E-state index < -0.39 is 27.5 Å². The molecule has 57 heavy (non-hydrogen) atoms. The van der Waals surface area contributed by atoms with Gasteiger partial charge in [0.2, 0.25) is 16.6 Å². The van der Waals surface area contributed by atoms with Crippen LogP contribution in [0, 0.1) is 0 Å². The molecule has 0 radical (unpaired) electrons. The Morgan fingerprint density at radius 2 is 0.579 bits per heavy atom. The lowest BCUT2D eigenvalue weighted by Gasteiger charge is -2.38. The lowest BCUT2D eigenvalue weighted by molar-refractivity contribution is 0.573. The van der Waals surface area contributed by atoms with Gasteiger partial charge in [0.1, 0.15) is 0 Å². The van der Waals surface area contributed by atoms with E-state index in [-0.39, 0.29) is 0 Å². The first-order valence-electron chi connectivity index (χ1n) is 20.2. The molecule has 0 unspecified atom stereocenters. The zero-order chi connectivity index (χ0) is 38.8. The van der Waals surface area contributed by atoms with Crippen molar-refractivity contribution >= 4 is 27.0 Å². The minimum absolute atomic E-state index is 0.435. The van der Waals surface area contributed by atoms with Gasteiger partial charge in [0, 0.05) is 0 Å². The number of rotatable bonds is 8. The molecule has 0 atom stereocenters. The monoisotopic (exact) mass is 766 g/mol. The van der Waals surface area contributed by atoms with Gasteiger partial charge in [-0.2, -0.15) is 0 Å². The first-order chi connectivity index (χ1) is 27.8. The molecule has 2 aliphatic rings.